The second-order valence-corrected chi connectivity index (χ2v) is 4.46. The molecule has 0 bridgehead atoms. The molecule has 0 spiro atoms. The lowest BCUT2D eigenvalue weighted by Crippen LogP contribution is -2.14. The van der Waals surface area contributed by atoms with Crippen LogP contribution in [0.3, 0.4) is 0 Å². The molecule has 15 heavy (non-hydrogen) atoms. The van der Waals surface area contributed by atoms with Gasteiger partial charge in [-0.1, -0.05) is 26.0 Å². The molecule has 2 aliphatic rings. The summed E-state index contributed by atoms with van der Waals surface area (Å²) in [5, 5.41) is 0. The molecule has 80 valence electrons. The van der Waals surface area contributed by atoms with Gasteiger partial charge in [0.05, 0.1) is 0 Å². The SMILES string of the molecule is CC(C)CC=C1OCC2=CC=CC(=O)C21. The van der Waals surface area contributed by atoms with Gasteiger partial charge in [-0.3, -0.25) is 4.79 Å². The van der Waals surface area contributed by atoms with Crippen LogP contribution in [-0.2, 0) is 9.53 Å². The Morgan fingerprint density at radius 2 is 2.40 bits per heavy atom. The van der Waals surface area contributed by atoms with Gasteiger partial charge in [0.25, 0.3) is 0 Å². The topological polar surface area (TPSA) is 26.3 Å². The normalized spacial score (nSPS) is 26.9. The van der Waals surface area contributed by atoms with Crippen molar-refractivity contribution < 1.29 is 9.53 Å². The molecule has 2 rings (SSSR count). The van der Waals surface area contributed by atoms with Crippen molar-refractivity contribution in [3.63, 3.8) is 0 Å². The fraction of sp³-hybridized carbons (Fsp3) is 0.462. The van der Waals surface area contributed by atoms with E-state index in [1.54, 1.807) is 6.08 Å². The van der Waals surface area contributed by atoms with Crippen LogP contribution in [0.15, 0.2) is 35.6 Å². The van der Waals surface area contributed by atoms with Crippen LogP contribution in [0.25, 0.3) is 0 Å². The van der Waals surface area contributed by atoms with Gasteiger partial charge in [-0.15, -0.1) is 0 Å². The predicted molar refractivity (Wildman–Crippen MR) is 59.2 cm³/mol. The van der Waals surface area contributed by atoms with E-state index in [9.17, 15) is 4.79 Å². The zero-order chi connectivity index (χ0) is 10.8. The first-order valence-electron chi connectivity index (χ1n) is 5.42. The Hall–Kier alpha value is -1.31. The van der Waals surface area contributed by atoms with Gasteiger partial charge < -0.3 is 4.74 Å². The molecule has 0 radical (unpaired) electrons. The van der Waals surface area contributed by atoms with Crippen molar-refractivity contribution in [1.29, 1.82) is 0 Å². The molecule has 1 fully saturated rings. The molecule has 1 heterocycles. The third-order valence-electron chi connectivity index (χ3n) is 2.71. The van der Waals surface area contributed by atoms with Gasteiger partial charge >= 0.3 is 0 Å². The second-order valence-electron chi connectivity index (χ2n) is 4.46. The van der Waals surface area contributed by atoms with Crippen LogP contribution in [0.1, 0.15) is 20.3 Å². The molecule has 1 atom stereocenters. The summed E-state index contributed by atoms with van der Waals surface area (Å²) in [4.78, 5) is 11.7. The second kappa shape index (κ2) is 4.05. The van der Waals surface area contributed by atoms with Crippen LogP contribution in [0.5, 0.6) is 0 Å². The van der Waals surface area contributed by atoms with Gasteiger partial charge in [-0.05, 0) is 30.1 Å². The van der Waals surface area contributed by atoms with E-state index >= 15 is 0 Å². The monoisotopic (exact) mass is 204 g/mol. The third kappa shape index (κ3) is 2.04. The number of carbonyl (C=O) groups excluding carboxylic acids is 1. The Morgan fingerprint density at radius 3 is 3.13 bits per heavy atom. The average Bonchev–Trinajstić information content (AvgIpc) is 2.59. The highest BCUT2D eigenvalue weighted by atomic mass is 16.5. The molecule has 1 unspecified atom stereocenters. The van der Waals surface area contributed by atoms with Crippen molar-refractivity contribution in [1.82, 2.24) is 0 Å². The van der Waals surface area contributed by atoms with Crippen molar-refractivity contribution in [2.45, 2.75) is 20.3 Å². The number of ketones is 1. The van der Waals surface area contributed by atoms with Crippen LogP contribution in [0, 0.1) is 11.8 Å². The van der Waals surface area contributed by atoms with E-state index in [-0.39, 0.29) is 11.7 Å². The van der Waals surface area contributed by atoms with Crippen LogP contribution in [0.2, 0.25) is 0 Å². The van der Waals surface area contributed by atoms with Crippen LogP contribution >= 0.6 is 0 Å². The number of carbonyl (C=O) groups is 1. The van der Waals surface area contributed by atoms with Crippen LogP contribution < -0.4 is 0 Å². The molecular weight excluding hydrogens is 188 g/mol. The van der Waals surface area contributed by atoms with Gasteiger partial charge in [0.2, 0.25) is 0 Å². The molecule has 1 saturated heterocycles. The van der Waals surface area contributed by atoms with Crippen molar-refractivity contribution in [2.24, 2.45) is 11.8 Å². The summed E-state index contributed by atoms with van der Waals surface area (Å²) in [5.41, 5.74) is 1.09. The van der Waals surface area contributed by atoms with Crippen molar-refractivity contribution in [3.8, 4) is 0 Å². The predicted octanol–water partition coefficient (Wildman–Crippen LogP) is 2.63. The Bertz CT molecular complexity index is 359. The molecule has 0 aromatic heterocycles. The number of ether oxygens (including phenoxy) is 1. The first-order valence-corrected chi connectivity index (χ1v) is 5.42. The lowest BCUT2D eigenvalue weighted by Gasteiger charge is -2.10. The Kier molecular flexibility index (Phi) is 2.76. The molecule has 0 amide bonds. The highest BCUT2D eigenvalue weighted by Gasteiger charge is 2.33. The van der Waals surface area contributed by atoms with Gasteiger partial charge in [-0.25, -0.2) is 0 Å². The van der Waals surface area contributed by atoms with Crippen molar-refractivity contribution in [3.05, 3.63) is 35.6 Å². The number of fused-ring (bicyclic) bond motifs is 1. The molecule has 2 heteroatoms. The van der Waals surface area contributed by atoms with Gasteiger partial charge in [0.15, 0.2) is 5.78 Å². The summed E-state index contributed by atoms with van der Waals surface area (Å²) in [6, 6.07) is 0. The van der Waals surface area contributed by atoms with Crippen LogP contribution in [-0.4, -0.2) is 12.4 Å². The standard InChI is InChI=1S/C13H16O2/c1-9(2)6-7-12-13-10(8-15-12)4-3-5-11(13)14/h3-5,7,9,13H,6,8H2,1-2H3. The Labute approximate surface area is 90.3 Å². The maximum absolute atomic E-state index is 11.7. The van der Waals surface area contributed by atoms with E-state index in [4.69, 9.17) is 4.74 Å². The minimum absolute atomic E-state index is 0.117. The summed E-state index contributed by atoms with van der Waals surface area (Å²) in [6.45, 7) is 4.89. The van der Waals surface area contributed by atoms with Gasteiger partial charge in [0.1, 0.15) is 18.3 Å². The Morgan fingerprint density at radius 1 is 1.60 bits per heavy atom. The first-order chi connectivity index (χ1) is 7.18. The van der Waals surface area contributed by atoms with Gasteiger partial charge in [-0.2, -0.15) is 0 Å². The number of allylic oxidation sites excluding steroid dienone is 5. The van der Waals surface area contributed by atoms with E-state index in [1.165, 1.54) is 0 Å². The third-order valence-corrected chi connectivity index (χ3v) is 2.71. The maximum atomic E-state index is 11.7. The lowest BCUT2D eigenvalue weighted by molar-refractivity contribution is -0.116. The largest absolute Gasteiger partial charge is 0.493 e. The first kappa shape index (κ1) is 10.2. The maximum Gasteiger partial charge on any atom is 0.170 e. The fourth-order valence-corrected chi connectivity index (χ4v) is 1.87. The number of rotatable bonds is 2. The molecule has 0 saturated carbocycles. The van der Waals surface area contributed by atoms with E-state index in [2.05, 4.69) is 19.9 Å². The molecule has 0 aromatic rings. The quantitative estimate of drug-likeness (QED) is 0.691. The summed E-state index contributed by atoms with van der Waals surface area (Å²) < 4.78 is 5.55. The fourth-order valence-electron chi connectivity index (χ4n) is 1.87. The summed E-state index contributed by atoms with van der Waals surface area (Å²) in [5.74, 6) is 1.49. The number of hydrogen-bond acceptors (Lipinski definition) is 2. The molecule has 1 aliphatic carbocycles. The molecule has 0 aromatic carbocycles. The molecule has 2 nitrogen and oxygen atoms in total. The van der Waals surface area contributed by atoms with Crippen molar-refractivity contribution >= 4 is 5.78 Å². The van der Waals surface area contributed by atoms with Crippen molar-refractivity contribution in [2.75, 3.05) is 6.61 Å². The number of hydrogen-bond donors (Lipinski definition) is 0. The minimum Gasteiger partial charge on any atom is -0.493 e. The smallest absolute Gasteiger partial charge is 0.170 e. The highest BCUT2D eigenvalue weighted by molar-refractivity contribution is 5.97. The summed E-state index contributed by atoms with van der Waals surface area (Å²) in [6.07, 6.45) is 8.46. The van der Waals surface area contributed by atoms with E-state index in [0.717, 1.165) is 17.8 Å². The Balaban J connectivity index is 2.17. The van der Waals surface area contributed by atoms with E-state index in [1.807, 2.05) is 12.2 Å². The van der Waals surface area contributed by atoms with E-state index in [0.29, 0.717) is 12.5 Å². The lowest BCUT2D eigenvalue weighted by atomic mass is 9.90. The van der Waals surface area contributed by atoms with Crippen LogP contribution in [0.4, 0.5) is 0 Å². The zero-order valence-corrected chi connectivity index (χ0v) is 9.19. The molecular formula is C13H16O2. The average molecular weight is 204 g/mol. The highest BCUT2D eigenvalue weighted by Crippen LogP contribution is 2.33. The minimum atomic E-state index is -0.117. The van der Waals surface area contributed by atoms with E-state index < -0.39 is 0 Å². The molecule has 1 aliphatic heterocycles. The van der Waals surface area contributed by atoms with Gasteiger partial charge in [0, 0.05) is 0 Å². The summed E-state index contributed by atoms with van der Waals surface area (Å²) >= 11 is 0. The summed E-state index contributed by atoms with van der Waals surface area (Å²) in [7, 11) is 0. The zero-order valence-electron chi connectivity index (χ0n) is 9.19. The molecule has 0 N–H and O–H groups in total.